The molecule has 2 aromatic carbocycles. The molecule has 1 amide bonds. The largest absolute Gasteiger partial charge is 0.350 e. The van der Waals surface area contributed by atoms with E-state index in [1.165, 1.54) is 16.5 Å². The highest BCUT2D eigenvalue weighted by Gasteiger charge is 2.09. The number of benzene rings is 2. The van der Waals surface area contributed by atoms with Gasteiger partial charge in [-0.3, -0.25) is 4.79 Å². The van der Waals surface area contributed by atoms with Crippen LogP contribution in [0.2, 0.25) is 0 Å². The number of carbonyl (C=O) groups excluding carboxylic acids is 1. The van der Waals surface area contributed by atoms with Gasteiger partial charge in [-0.1, -0.05) is 35.9 Å². The van der Waals surface area contributed by atoms with Crippen LogP contribution in [-0.4, -0.2) is 26.6 Å². The molecule has 5 heteroatoms. The molecular formula is C22H22N4O. The molecular weight excluding hydrogens is 336 g/mol. The van der Waals surface area contributed by atoms with Crippen molar-refractivity contribution in [2.45, 2.75) is 20.0 Å². The predicted octanol–water partition coefficient (Wildman–Crippen LogP) is 3.62. The second kappa shape index (κ2) is 7.50. The van der Waals surface area contributed by atoms with E-state index in [0.717, 1.165) is 18.7 Å². The number of hydrogen-bond donors (Lipinski definition) is 1. The number of amides is 1. The Hall–Kier alpha value is -3.34. The topological polar surface area (TPSA) is 51.9 Å². The molecule has 4 aromatic rings. The Morgan fingerprint density at radius 1 is 1.11 bits per heavy atom. The number of rotatable bonds is 6. The summed E-state index contributed by atoms with van der Waals surface area (Å²) in [5.41, 5.74) is 4.26. The summed E-state index contributed by atoms with van der Waals surface area (Å²) >= 11 is 0. The van der Waals surface area contributed by atoms with E-state index in [4.69, 9.17) is 0 Å². The van der Waals surface area contributed by atoms with Crippen molar-refractivity contribution in [3.63, 3.8) is 0 Å². The first-order valence-electron chi connectivity index (χ1n) is 9.08. The maximum Gasteiger partial charge on any atom is 0.251 e. The third-order valence-corrected chi connectivity index (χ3v) is 4.74. The van der Waals surface area contributed by atoms with Gasteiger partial charge in [0.1, 0.15) is 0 Å². The molecule has 0 radical (unpaired) electrons. The second-order valence-corrected chi connectivity index (χ2v) is 6.72. The molecule has 0 atom stereocenters. The number of para-hydroxylation sites is 1. The minimum atomic E-state index is -0.0369. The highest BCUT2D eigenvalue weighted by molar-refractivity contribution is 5.94. The summed E-state index contributed by atoms with van der Waals surface area (Å²) in [6.45, 7) is 4.10. The molecule has 0 saturated carbocycles. The summed E-state index contributed by atoms with van der Waals surface area (Å²) in [6.07, 6.45) is 7.75. The van der Waals surface area contributed by atoms with Crippen LogP contribution in [0, 0.1) is 6.92 Å². The third kappa shape index (κ3) is 3.77. The van der Waals surface area contributed by atoms with Crippen molar-refractivity contribution >= 4 is 16.8 Å². The van der Waals surface area contributed by atoms with Gasteiger partial charge in [-0.25, -0.2) is 4.98 Å². The molecule has 0 aliphatic rings. The van der Waals surface area contributed by atoms with E-state index in [9.17, 15) is 4.79 Å². The second-order valence-electron chi connectivity index (χ2n) is 6.72. The van der Waals surface area contributed by atoms with Crippen molar-refractivity contribution in [1.29, 1.82) is 0 Å². The Morgan fingerprint density at radius 3 is 2.70 bits per heavy atom. The summed E-state index contributed by atoms with van der Waals surface area (Å²) in [5.74, 6) is -0.0369. The summed E-state index contributed by atoms with van der Waals surface area (Å²) < 4.78 is 4.27. The molecule has 0 bridgehead atoms. The maximum atomic E-state index is 12.3. The zero-order valence-corrected chi connectivity index (χ0v) is 15.3. The zero-order chi connectivity index (χ0) is 18.6. The van der Waals surface area contributed by atoms with Crippen LogP contribution in [0.3, 0.4) is 0 Å². The van der Waals surface area contributed by atoms with Gasteiger partial charge in [-0.15, -0.1) is 0 Å². The molecule has 27 heavy (non-hydrogen) atoms. The number of nitrogens with one attached hydrogen (secondary N) is 1. The molecule has 4 rings (SSSR count). The van der Waals surface area contributed by atoms with E-state index in [0.29, 0.717) is 12.1 Å². The van der Waals surface area contributed by atoms with Gasteiger partial charge in [0.2, 0.25) is 0 Å². The van der Waals surface area contributed by atoms with Crippen LogP contribution >= 0.6 is 0 Å². The molecule has 0 fully saturated rings. The monoisotopic (exact) mass is 358 g/mol. The molecule has 136 valence electrons. The molecule has 2 heterocycles. The molecule has 0 saturated heterocycles. The first kappa shape index (κ1) is 17.1. The number of nitrogens with zero attached hydrogens (tertiary/aromatic N) is 3. The highest BCUT2D eigenvalue weighted by Crippen LogP contribution is 2.22. The summed E-state index contributed by atoms with van der Waals surface area (Å²) in [6, 6.07) is 16.0. The minimum Gasteiger partial charge on any atom is -0.350 e. The van der Waals surface area contributed by atoms with Crippen LogP contribution in [0.25, 0.3) is 10.9 Å². The average Bonchev–Trinajstić information content (AvgIpc) is 3.31. The highest BCUT2D eigenvalue weighted by atomic mass is 16.1. The van der Waals surface area contributed by atoms with Gasteiger partial charge in [0, 0.05) is 48.1 Å². The predicted molar refractivity (Wildman–Crippen MR) is 107 cm³/mol. The summed E-state index contributed by atoms with van der Waals surface area (Å²) in [4.78, 5) is 16.4. The smallest absolute Gasteiger partial charge is 0.251 e. The van der Waals surface area contributed by atoms with Gasteiger partial charge >= 0.3 is 0 Å². The molecule has 1 N–H and O–H groups in total. The first-order valence-corrected chi connectivity index (χ1v) is 9.08. The Kier molecular flexibility index (Phi) is 4.75. The Balaban J connectivity index is 1.47. The standard InChI is InChI=1S/C22H22N4O/c1-17-6-8-18(9-7-17)22(27)24-11-13-26-15-19(14-25-12-10-23-16-25)20-4-2-3-5-21(20)26/h2-10,12,15-16H,11,13-14H2,1H3,(H,24,27). The van der Waals surface area contributed by atoms with E-state index in [2.05, 4.69) is 43.8 Å². The first-order chi connectivity index (χ1) is 13.2. The van der Waals surface area contributed by atoms with E-state index in [1.807, 2.05) is 49.8 Å². The average molecular weight is 358 g/mol. The molecule has 5 nitrogen and oxygen atoms in total. The molecule has 0 unspecified atom stereocenters. The number of aryl methyl sites for hydroxylation is 1. The van der Waals surface area contributed by atoms with Crippen molar-refractivity contribution in [3.8, 4) is 0 Å². The summed E-state index contributed by atoms with van der Waals surface area (Å²) in [7, 11) is 0. The molecule has 0 aliphatic carbocycles. The lowest BCUT2D eigenvalue weighted by Crippen LogP contribution is -2.27. The van der Waals surface area contributed by atoms with E-state index in [1.54, 1.807) is 6.20 Å². The number of fused-ring (bicyclic) bond motifs is 1. The normalized spacial score (nSPS) is 11.0. The lowest BCUT2D eigenvalue weighted by molar-refractivity contribution is 0.0952. The molecule has 0 aliphatic heterocycles. The number of aromatic nitrogens is 3. The number of hydrogen-bond acceptors (Lipinski definition) is 2. The Morgan fingerprint density at radius 2 is 1.93 bits per heavy atom. The van der Waals surface area contributed by atoms with E-state index >= 15 is 0 Å². The van der Waals surface area contributed by atoms with Crippen LogP contribution in [0.4, 0.5) is 0 Å². The van der Waals surface area contributed by atoms with Crippen molar-refractivity contribution in [3.05, 3.63) is 90.1 Å². The lowest BCUT2D eigenvalue weighted by atomic mass is 10.1. The van der Waals surface area contributed by atoms with Crippen LogP contribution in [0.1, 0.15) is 21.5 Å². The van der Waals surface area contributed by atoms with E-state index < -0.39 is 0 Å². The number of imidazole rings is 1. The van der Waals surface area contributed by atoms with Crippen LogP contribution in [0.5, 0.6) is 0 Å². The fourth-order valence-electron chi connectivity index (χ4n) is 3.31. The van der Waals surface area contributed by atoms with Gasteiger partial charge in [0.05, 0.1) is 12.9 Å². The molecule has 2 aromatic heterocycles. The third-order valence-electron chi connectivity index (χ3n) is 4.74. The fraction of sp³-hybridized carbons (Fsp3) is 0.182. The van der Waals surface area contributed by atoms with E-state index in [-0.39, 0.29) is 5.91 Å². The van der Waals surface area contributed by atoms with Gasteiger partial charge in [0.15, 0.2) is 0 Å². The van der Waals surface area contributed by atoms with Crippen molar-refractivity contribution in [2.75, 3.05) is 6.54 Å². The molecule has 0 spiro atoms. The fourth-order valence-corrected chi connectivity index (χ4v) is 3.31. The zero-order valence-electron chi connectivity index (χ0n) is 15.3. The van der Waals surface area contributed by atoms with Gasteiger partial charge < -0.3 is 14.5 Å². The van der Waals surface area contributed by atoms with Crippen molar-refractivity contribution in [1.82, 2.24) is 19.4 Å². The van der Waals surface area contributed by atoms with Gasteiger partial charge in [-0.2, -0.15) is 0 Å². The van der Waals surface area contributed by atoms with Crippen molar-refractivity contribution in [2.24, 2.45) is 0 Å². The Labute approximate surface area is 158 Å². The minimum absolute atomic E-state index is 0.0369. The SMILES string of the molecule is Cc1ccc(C(=O)NCCn2cc(Cn3ccnc3)c3ccccc32)cc1. The maximum absolute atomic E-state index is 12.3. The summed E-state index contributed by atoms with van der Waals surface area (Å²) in [5, 5.41) is 4.24. The Bertz CT molecular complexity index is 1050. The van der Waals surface area contributed by atoms with Crippen LogP contribution < -0.4 is 5.32 Å². The van der Waals surface area contributed by atoms with Crippen LogP contribution in [0.15, 0.2) is 73.4 Å². The quantitative estimate of drug-likeness (QED) is 0.572. The van der Waals surface area contributed by atoms with Gasteiger partial charge in [0.25, 0.3) is 5.91 Å². The lowest BCUT2D eigenvalue weighted by Gasteiger charge is -2.08. The van der Waals surface area contributed by atoms with Crippen LogP contribution in [-0.2, 0) is 13.1 Å². The van der Waals surface area contributed by atoms with Gasteiger partial charge in [-0.05, 0) is 30.7 Å². The number of carbonyl (C=O) groups is 1. The van der Waals surface area contributed by atoms with Crippen molar-refractivity contribution < 1.29 is 4.79 Å².